The Balaban J connectivity index is 2.27. The molecule has 6 nitrogen and oxygen atoms in total. The van der Waals surface area contributed by atoms with Gasteiger partial charge in [0.25, 0.3) is 5.91 Å². The average molecular weight is 455 g/mol. The fourth-order valence-electron chi connectivity index (χ4n) is 3.68. The smallest absolute Gasteiger partial charge is 0.261 e. The van der Waals surface area contributed by atoms with Gasteiger partial charge in [0, 0.05) is 13.1 Å². The highest BCUT2D eigenvalue weighted by molar-refractivity contribution is 5.88. The highest BCUT2D eigenvalue weighted by Gasteiger charge is 2.29. The molecule has 0 heterocycles. The third-order valence-electron chi connectivity index (χ3n) is 5.67. The molecule has 33 heavy (non-hydrogen) atoms. The quantitative estimate of drug-likeness (QED) is 0.540. The van der Waals surface area contributed by atoms with E-state index in [9.17, 15) is 9.59 Å². The normalized spacial score (nSPS) is 11.8. The van der Waals surface area contributed by atoms with Crippen LogP contribution < -0.4 is 14.8 Å². The van der Waals surface area contributed by atoms with Gasteiger partial charge in [0.15, 0.2) is 6.61 Å². The van der Waals surface area contributed by atoms with Gasteiger partial charge in [-0.3, -0.25) is 9.59 Å². The molecule has 0 unspecified atom stereocenters. The summed E-state index contributed by atoms with van der Waals surface area (Å²) in [4.78, 5) is 28.0. The van der Waals surface area contributed by atoms with E-state index in [0.29, 0.717) is 36.9 Å². The zero-order chi connectivity index (χ0) is 24.5. The highest BCUT2D eigenvalue weighted by Crippen LogP contribution is 2.24. The van der Waals surface area contributed by atoms with E-state index in [4.69, 9.17) is 9.47 Å². The molecule has 2 aromatic carbocycles. The van der Waals surface area contributed by atoms with Crippen LogP contribution in [0, 0.1) is 26.7 Å². The minimum absolute atomic E-state index is 0.137. The molecule has 2 rings (SSSR count). The van der Waals surface area contributed by atoms with Gasteiger partial charge in [0.2, 0.25) is 5.91 Å². The van der Waals surface area contributed by atoms with Crippen LogP contribution in [-0.4, -0.2) is 43.0 Å². The largest absolute Gasteiger partial charge is 0.497 e. The van der Waals surface area contributed by atoms with Gasteiger partial charge >= 0.3 is 0 Å². The molecule has 6 heteroatoms. The van der Waals surface area contributed by atoms with Crippen molar-refractivity contribution in [3.05, 3.63) is 58.7 Å². The zero-order valence-electron chi connectivity index (χ0n) is 21.0. The minimum Gasteiger partial charge on any atom is -0.497 e. The number of ether oxygens (including phenoxy) is 2. The average Bonchev–Trinajstić information content (AvgIpc) is 2.78. The molecule has 2 aromatic rings. The minimum atomic E-state index is -0.591. The van der Waals surface area contributed by atoms with E-state index in [0.717, 1.165) is 22.3 Å². The number of methoxy groups -OCH3 is 1. The third-order valence-corrected chi connectivity index (χ3v) is 5.67. The molecule has 0 fully saturated rings. The lowest BCUT2D eigenvalue weighted by atomic mass is 10.1. The number of nitrogens with one attached hydrogen (secondary N) is 1. The first kappa shape index (κ1) is 26.2. The number of hydrogen-bond donors (Lipinski definition) is 1. The lowest BCUT2D eigenvalue weighted by Gasteiger charge is -2.31. The number of benzene rings is 2. The van der Waals surface area contributed by atoms with E-state index in [-0.39, 0.29) is 18.4 Å². The number of amides is 2. The summed E-state index contributed by atoms with van der Waals surface area (Å²) in [6.45, 7) is 12.7. The van der Waals surface area contributed by atoms with Crippen molar-refractivity contribution in [2.75, 3.05) is 20.3 Å². The van der Waals surface area contributed by atoms with Gasteiger partial charge in [-0.2, -0.15) is 0 Å². The molecule has 0 bridgehead atoms. The van der Waals surface area contributed by atoms with Gasteiger partial charge in [-0.05, 0) is 73.6 Å². The summed E-state index contributed by atoms with van der Waals surface area (Å²) in [6.07, 6.45) is 0.502. The summed E-state index contributed by atoms with van der Waals surface area (Å²) in [7, 11) is 1.61. The van der Waals surface area contributed by atoms with E-state index >= 15 is 0 Å². The molecule has 180 valence electrons. The summed E-state index contributed by atoms with van der Waals surface area (Å²) >= 11 is 0. The van der Waals surface area contributed by atoms with E-state index in [2.05, 4.69) is 11.4 Å². The Morgan fingerprint density at radius 1 is 1.09 bits per heavy atom. The number of carbonyl (C=O) groups is 2. The molecule has 0 aliphatic rings. The second-order valence-electron chi connectivity index (χ2n) is 8.93. The molecule has 0 aromatic heterocycles. The molecule has 0 saturated carbocycles. The van der Waals surface area contributed by atoms with E-state index in [1.807, 2.05) is 71.9 Å². The van der Waals surface area contributed by atoms with Gasteiger partial charge in [0.05, 0.1) is 7.11 Å². The van der Waals surface area contributed by atoms with Crippen LogP contribution in [0.4, 0.5) is 0 Å². The zero-order valence-corrected chi connectivity index (χ0v) is 21.0. The van der Waals surface area contributed by atoms with Crippen molar-refractivity contribution in [3.8, 4) is 11.5 Å². The molecule has 2 amide bonds. The number of aryl methyl sites for hydroxylation is 2. The van der Waals surface area contributed by atoms with Gasteiger partial charge in [-0.25, -0.2) is 0 Å². The van der Waals surface area contributed by atoms with Gasteiger partial charge in [-0.1, -0.05) is 39.0 Å². The summed E-state index contributed by atoms with van der Waals surface area (Å²) in [5.41, 5.74) is 4.09. The van der Waals surface area contributed by atoms with Crippen LogP contribution in [0.3, 0.4) is 0 Å². The molecule has 0 saturated heterocycles. The van der Waals surface area contributed by atoms with Crippen LogP contribution >= 0.6 is 0 Å². The van der Waals surface area contributed by atoms with Crippen LogP contribution in [0.1, 0.15) is 49.4 Å². The van der Waals surface area contributed by atoms with Crippen molar-refractivity contribution in [2.45, 2.75) is 60.5 Å². The maximum Gasteiger partial charge on any atom is 0.261 e. The first-order chi connectivity index (χ1) is 15.7. The van der Waals surface area contributed by atoms with Gasteiger partial charge in [-0.15, -0.1) is 0 Å². The fourth-order valence-corrected chi connectivity index (χ4v) is 3.68. The maximum atomic E-state index is 13.4. The molecular weight excluding hydrogens is 416 g/mol. The number of rotatable bonds is 11. The predicted molar refractivity (Wildman–Crippen MR) is 132 cm³/mol. The van der Waals surface area contributed by atoms with Gasteiger partial charge < -0.3 is 19.7 Å². The SMILES string of the molecule is CC[C@H](C(=O)NCC(C)C)N(Cc1cccc(OC)c1)C(=O)COc1cc(C)cc(C)c1C. The summed E-state index contributed by atoms with van der Waals surface area (Å²) < 4.78 is 11.3. The Morgan fingerprint density at radius 3 is 2.45 bits per heavy atom. The molecule has 0 aliphatic heterocycles. The number of nitrogens with zero attached hydrogens (tertiary/aromatic N) is 1. The third kappa shape index (κ3) is 7.52. The number of carbonyl (C=O) groups excluding carboxylic acids is 2. The van der Waals surface area contributed by atoms with Crippen LogP contribution in [0.2, 0.25) is 0 Å². The first-order valence-electron chi connectivity index (χ1n) is 11.6. The van der Waals surface area contributed by atoms with Crippen molar-refractivity contribution in [1.82, 2.24) is 10.2 Å². The monoisotopic (exact) mass is 454 g/mol. The van der Waals surface area contributed by atoms with Crippen LogP contribution in [-0.2, 0) is 16.1 Å². The van der Waals surface area contributed by atoms with E-state index in [1.54, 1.807) is 12.0 Å². The first-order valence-corrected chi connectivity index (χ1v) is 11.6. The Labute approximate surface area is 198 Å². The summed E-state index contributed by atoms with van der Waals surface area (Å²) in [6, 6.07) is 11.0. The standard InChI is InChI=1S/C27H38N2O4/c1-8-24(27(31)28-15-18(2)3)29(16-22-10-9-11-23(14-22)32-7)26(30)17-33-25-13-19(4)12-20(5)21(25)6/h9-14,18,24H,8,15-17H2,1-7H3,(H,28,31)/t24-/m1/s1. The Kier molecular flexibility index (Phi) is 9.76. The van der Waals surface area contributed by atoms with Crippen LogP contribution in [0.25, 0.3) is 0 Å². The Bertz CT molecular complexity index is 955. The van der Waals surface area contributed by atoms with Crippen molar-refractivity contribution in [3.63, 3.8) is 0 Å². The fraction of sp³-hybridized carbons (Fsp3) is 0.481. The number of hydrogen-bond acceptors (Lipinski definition) is 4. The molecule has 1 atom stereocenters. The Morgan fingerprint density at radius 2 is 1.82 bits per heavy atom. The predicted octanol–water partition coefficient (Wildman–Crippen LogP) is 4.58. The summed E-state index contributed by atoms with van der Waals surface area (Å²) in [5.74, 6) is 1.34. The molecule has 1 N–H and O–H groups in total. The van der Waals surface area contributed by atoms with Crippen molar-refractivity contribution < 1.29 is 19.1 Å². The molecule has 0 aliphatic carbocycles. The highest BCUT2D eigenvalue weighted by atomic mass is 16.5. The Hall–Kier alpha value is -3.02. The van der Waals surface area contributed by atoms with Crippen LogP contribution in [0.15, 0.2) is 36.4 Å². The van der Waals surface area contributed by atoms with Crippen molar-refractivity contribution >= 4 is 11.8 Å². The maximum absolute atomic E-state index is 13.4. The second-order valence-corrected chi connectivity index (χ2v) is 8.93. The van der Waals surface area contributed by atoms with Gasteiger partial charge in [0.1, 0.15) is 17.5 Å². The molecule has 0 spiro atoms. The second kappa shape index (κ2) is 12.3. The van der Waals surface area contributed by atoms with Crippen LogP contribution in [0.5, 0.6) is 11.5 Å². The summed E-state index contributed by atoms with van der Waals surface area (Å²) in [5, 5.41) is 2.98. The lowest BCUT2D eigenvalue weighted by molar-refractivity contribution is -0.143. The van der Waals surface area contributed by atoms with Crippen molar-refractivity contribution in [1.29, 1.82) is 0 Å². The van der Waals surface area contributed by atoms with E-state index < -0.39 is 6.04 Å². The van der Waals surface area contributed by atoms with E-state index in [1.165, 1.54) is 0 Å². The van der Waals surface area contributed by atoms with Crippen molar-refractivity contribution in [2.24, 2.45) is 5.92 Å². The lowest BCUT2D eigenvalue weighted by Crippen LogP contribution is -2.50. The molecule has 0 radical (unpaired) electrons. The topological polar surface area (TPSA) is 67.9 Å². The molecular formula is C27H38N2O4.